The molecule has 0 unspecified atom stereocenters. The van der Waals surface area contributed by atoms with Crippen LogP contribution in [0.15, 0.2) is 10.2 Å². The van der Waals surface area contributed by atoms with Crippen LogP contribution >= 0.6 is 0 Å². The van der Waals surface area contributed by atoms with Crippen LogP contribution in [0.4, 0.5) is 0 Å². The Hall–Kier alpha value is -0.205. The summed E-state index contributed by atoms with van der Waals surface area (Å²) in [5.41, 5.74) is 0. The molecular formula is C4H10B3N2. The van der Waals surface area contributed by atoms with E-state index in [9.17, 15) is 0 Å². The molecule has 0 saturated carbocycles. The van der Waals surface area contributed by atoms with Crippen molar-refractivity contribution < 1.29 is 0 Å². The van der Waals surface area contributed by atoms with Gasteiger partial charge in [0, 0.05) is 20.6 Å². The van der Waals surface area contributed by atoms with E-state index in [-0.39, 0.29) is 6.60 Å². The zero-order chi connectivity index (χ0) is 7.11. The molecule has 0 aliphatic heterocycles. The van der Waals surface area contributed by atoms with E-state index in [0.29, 0.717) is 12.9 Å². The third-order valence-electron chi connectivity index (χ3n) is 0.734. The van der Waals surface area contributed by atoms with Crippen LogP contribution in [0.2, 0.25) is 13.6 Å². The zero-order valence-corrected chi connectivity index (χ0v) is 6.04. The van der Waals surface area contributed by atoms with E-state index in [2.05, 4.69) is 10.2 Å². The maximum absolute atomic E-state index is 5.41. The average Bonchev–Trinajstić information content (AvgIpc) is 1.80. The van der Waals surface area contributed by atoms with Gasteiger partial charge in [0.05, 0.1) is 0 Å². The third-order valence-corrected chi connectivity index (χ3v) is 0.734. The van der Waals surface area contributed by atoms with E-state index < -0.39 is 0 Å². The Morgan fingerprint density at radius 3 is 2.67 bits per heavy atom. The van der Waals surface area contributed by atoms with Gasteiger partial charge >= 0.3 is 0 Å². The van der Waals surface area contributed by atoms with E-state index in [1.165, 1.54) is 0 Å². The van der Waals surface area contributed by atoms with Crippen molar-refractivity contribution in [2.45, 2.75) is 13.6 Å². The van der Waals surface area contributed by atoms with E-state index in [4.69, 9.17) is 7.74 Å². The largest absolute Gasteiger partial charge is 0.204 e. The normalized spacial score (nSPS) is 10.0. The van der Waals surface area contributed by atoms with Crippen molar-refractivity contribution in [3.8, 4) is 0 Å². The Kier molecular flexibility index (Phi) is 5.79. The Morgan fingerprint density at radius 1 is 1.56 bits per heavy atom. The number of hydrogen-bond acceptors (Lipinski definition) is 2. The minimum Gasteiger partial charge on any atom is -0.204 e. The summed E-state index contributed by atoms with van der Waals surface area (Å²) in [6.45, 7) is 3.99. The molecule has 5 heteroatoms. The topological polar surface area (TPSA) is 24.7 Å². The van der Waals surface area contributed by atoms with Crippen LogP contribution < -0.4 is 0 Å². The third kappa shape index (κ3) is 7.79. The maximum atomic E-state index is 5.41. The van der Waals surface area contributed by atoms with Gasteiger partial charge in [-0.25, -0.2) is 10.2 Å². The van der Waals surface area contributed by atoms with Crippen LogP contribution in [0.3, 0.4) is 0 Å². The van der Waals surface area contributed by atoms with Crippen molar-refractivity contribution in [3.05, 3.63) is 0 Å². The Bertz CT molecular complexity index is 83.9. The molecular weight excluding hydrogens is 108 g/mol. The summed E-state index contributed by atoms with van der Waals surface area (Å²) in [5, 5.41) is 7.65. The molecule has 0 spiro atoms. The van der Waals surface area contributed by atoms with Crippen molar-refractivity contribution in [2.24, 2.45) is 10.2 Å². The summed E-state index contributed by atoms with van der Waals surface area (Å²) in [4.78, 5) is 0. The first-order valence-electron chi connectivity index (χ1n) is 3.14. The quantitative estimate of drug-likeness (QED) is 0.379. The molecule has 2 nitrogen and oxygen atoms in total. The van der Waals surface area contributed by atoms with Crippen LogP contribution in [0, 0.1) is 0 Å². The SMILES string of the molecule is [B]B(C)CN=NC[B]C. The van der Waals surface area contributed by atoms with Crippen molar-refractivity contribution >= 4 is 21.6 Å². The summed E-state index contributed by atoms with van der Waals surface area (Å²) in [7, 11) is 7.36. The number of rotatable bonds is 4. The highest BCUT2D eigenvalue weighted by molar-refractivity contribution is 7.02. The Morgan fingerprint density at radius 2 is 2.22 bits per heavy atom. The Labute approximate surface area is 59.2 Å². The summed E-state index contributed by atoms with van der Waals surface area (Å²) >= 11 is 0. The second-order valence-electron chi connectivity index (χ2n) is 2.03. The molecule has 0 aliphatic carbocycles. The van der Waals surface area contributed by atoms with Crippen molar-refractivity contribution in [2.75, 3.05) is 12.9 Å². The first-order valence-corrected chi connectivity index (χ1v) is 3.14. The molecule has 0 saturated heterocycles. The van der Waals surface area contributed by atoms with Crippen LogP contribution in [0.25, 0.3) is 0 Å². The van der Waals surface area contributed by atoms with E-state index >= 15 is 0 Å². The first-order chi connectivity index (χ1) is 4.27. The van der Waals surface area contributed by atoms with E-state index in [1.807, 2.05) is 20.9 Å². The van der Waals surface area contributed by atoms with Crippen molar-refractivity contribution in [3.63, 3.8) is 0 Å². The van der Waals surface area contributed by atoms with Gasteiger partial charge in [-0.15, -0.1) is 0 Å². The molecule has 0 rings (SSSR count). The molecule has 0 bridgehead atoms. The molecule has 0 fully saturated rings. The second-order valence-corrected chi connectivity index (χ2v) is 2.03. The van der Waals surface area contributed by atoms with E-state index in [0.717, 1.165) is 0 Å². The van der Waals surface area contributed by atoms with Gasteiger partial charge in [0.2, 0.25) is 0 Å². The van der Waals surface area contributed by atoms with Gasteiger partial charge in [0.1, 0.15) is 13.9 Å². The molecule has 0 aromatic heterocycles. The maximum Gasteiger partial charge on any atom is 0.138 e. The van der Waals surface area contributed by atoms with Crippen LogP contribution in [0.1, 0.15) is 0 Å². The number of hydrogen-bond donors (Lipinski definition) is 0. The summed E-state index contributed by atoms with van der Waals surface area (Å²) in [5.74, 6) is 0. The fourth-order valence-electron chi connectivity index (χ4n) is 0.326. The van der Waals surface area contributed by atoms with Gasteiger partial charge in [-0.1, -0.05) is 13.6 Å². The lowest BCUT2D eigenvalue weighted by atomic mass is 9.35. The molecule has 45 valence electrons. The molecule has 0 atom stereocenters. The summed E-state index contributed by atoms with van der Waals surface area (Å²) in [6, 6.07) is 0. The van der Waals surface area contributed by atoms with Gasteiger partial charge in [-0.2, -0.15) is 0 Å². The van der Waals surface area contributed by atoms with Gasteiger partial charge in [-0.05, 0) is 0 Å². The lowest BCUT2D eigenvalue weighted by molar-refractivity contribution is 1.04. The average molecular weight is 119 g/mol. The highest BCUT2D eigenvalue weighted by Crippen LogP contribution is 1.78. The highest BCUT2D eigenvalue weighted by Gasteiger charge is 1.92. The van der Waals surface area contributed by atoms with Crippen LogP contribution in [0.5, 0.6) is 0 Å². The van der Waals surface area contributed by atoms with Crippen molar-refractivity contribution in [1.29, 1.82) is 0 Å². The molecule has 0 heterocycles. The lowest BCUT2D eigenvalue weighted by Gasteiger charge is -1.90. The van der Waals surface area contributed by atoms with Crippen LogP contribution in [-0.2, 0) is 0 Å². The fourth-order valence-corrected chi connectivity index (χ4v) is 0.326. The van der Waals surface area contributed by atoms with Crippen molar-refractivity contribution in [1.82, 2.24) is 0 Å². The van der Waals surface area contributed by atoms with Gasteiger partial charge in [0.25, 0.3) is 0 Å². The molecule has 0 aromatic rings. The first kappa shape index (κ1) is 8.79. The zero-order valence-electron chi connectivity index (χ0n) is 6.04. The molecule has 0 aliphatic rings. The fraction of sp³-hybridized carbons (Fsp3) is 1.00. The summed E-state index contributed by atoms with van der Waals surface area (Å²) in [6.07, 6.45) is 1.33. The number of nitrogens with zero attached hydrogens (tertiary/aromatic N) is 2. The second kappa shape index (κ2) is 5.92. The predicted octanol–water partition coefficient (Wildman–Crippen LogP) is 0.477. The van der Waals surface area contributed by atoms with Gasteiger partial charge in [-0.3, -0.25) is 0 Å². The lowest BCUT2D eigenvalue weighted by Crippen LogP contribution is -2.11. The molecule has 3 radical (unpaired) electrons. The molecule has 0 amide bonds. The Balaban J connectivity index is 3.04. The minimum atomic E-state index is 0.130. The van der Waals surface area contributed by atoms with Crippen LogP contribution in [-0.4, -0.2) is 34.5 Å². The number of azo groups is 1. The monoisotopic (exact) mass is 119 g/mol. The standard InChI is InChI=1S/C4H10B3N2/c1-6-3-8-9-4-7(2)5/h3-4H2,1-2H3. The predicted molar refractivity (Wildman–Crippen MR) is 43.6 cm³/mol. The molecule has 9 heavy (non-hydrogen) atoms. The van der Waals surface area contributed by atoms with Gasteiger partial charge in [0.15, 0.2) is 0 Å². The molecule has 0 aromatic carbocycles. The minimum absolute atomic E-state index is 0.130. The highest BCUT2D eigenvalue weighted by atomic mass is 15.1. The smallest absolute Gasteiger partial charge is 0.138 e. The summed E-state index contributed by atoms with van der Waals surface area (Å²) < 4.78 is 0. The van der Waals surface area contributed by atoms with E-state index in [1.54, 1.807) is 0 Å². The van der Waals surface area contributed by atoms with Gasteiger partial charge < -0.3 is 0 Å². The molecule has 0 N–H and O–H groups in total.